The Bertz CT molecular complexity index is 279. The highest BCUT2D eigenvalue weighted by atomic mass is 16.5. The molecule has 0 radical (unpaired) electrons. The number of esters is 1. The van der Waals surface area contributed by atoms with Crippen LogP contribution < -0.4 is 5.32 Å². The van der Waals surface area contributed by atoms with Gasteiger partial charge in [-0.3, -0.25) is 4.79 Å². The van der Waals surface area contributed by atoms with Crippen LogP contribution in [0.1, 0.15) is 71.1 Å². The van der Waals surface area contributed by atoms with E-state index in [0.29, 0.717) is 19.4 Å². The number of carbonyl (C=O) groups excluding carboxylic acids is 2. The summed E-state index contributed by atoms with van der Waals surface area (Å²) in [6.45, 7) is 2.71. The van der Waals surface area contributed by atoms with Crippen molar-refractivity contribution in [1.82, 2.24) is 5.32 Å². The lowest BCUT2D eigenvalue weighted by atomic mass is 10.1. The van der Waals surface area contributed by atoms with Crippen LogP contribution in [0.5, 0.6) is 0 Å². The molecule has 1 heterocycles. The van der Waals surface area contributed by atoms with Gasteiger partial charge in [0.2, 0.25) is 5.91 Å². The maximum Gasteiger partial charge on any atom is 0.328 e. The Morgan fingerprint density at radius 1 is 1.16 bits per heavy atom. The molecular weight excluding hydrogens is 242 g/mol. The number of amides is 1. The Morgan fingerprint density at radius 2 is 1.79 bits per heavy atom. The lowest BCUT2D eigenvalue weighted by molar-refractivity contribution is -0.146. The van der Waals surface area contributed by atoms with Crippen LogP contribution in [-0.2, 0) is 14.3 Å². The Balaban J connectivity index is 1.88. The van der Waals surface area contributed by atoms with E-state index in [1.54, 1.807) is 0 Å². The molecule has 19 heavy (non-hydrogen) atoms. The molecule has 0 aliphatic carbocycles. The maximum atomic E-state index is 11.6. The van der Waals surface area contributed by atoms with Gasteiger partial charge in [0.25, 0.3) is 0 Å². The van der Waals surface area contributed by atoms with E-state index in [4.69, 9.17) is 4.74 Å². The zero-order valence-corrected chi connectivity index (χ0v) is 12.1. The summed E-state index contributed by atoms with van der Waals surface area (Å²) in [6, 6.07) is -0.401. The van der Waals surface area contributed by atoms with Crippen LogP contribution in [0.15, 0.2) is 0 Å². The summed E-state index contributed by atoms with van der Waals surface area (Å²) in [7, 11) is 0. The molecule has 0 spiro atoms. The topological polar surface area (TPSA) is 55.4 Å². The molecule has 1 aliphatic heterocycles. The molecule has 1 rings (SSSR count). The van der Waals surface area contributed by atoms with Gasteiger partial charge in [0.15, 0.2) is 0 Å². The summed E-state index contributed by atoms with van der Waals surface area (Å²) in [5.41, 5.74) is 0. The largest absolute Gasteiger partial charge is 0.464 e. The summed E-state index contributed by atoms with van der Waals surface area (Å²) >= 11 is 0. The van der Waals surface area contributed by atoms with E-state index in [1.165, 1.54) is 38.5 Å². The Kier molecular flexibility index (Phi) is 8.26. The summed E-state index contributed by atoms with van der Waals surface area (Å²) in [4.78, 5) is 22.5. The third-order valence-corrected chi connectivity index (χ3v) is 3.52. The lowest BCUT2D eigenvalue weighted by Gasteiger charge is -2.09. The molecule has 0 aromatic heterocycles. The molecule has 1 N–H and O–H groups in total. The summed E-state index contributed by atoms with van der Waals surface area (Å²) in [5, 5.41) is 2.62. The van der Waals surface area contributed by atoms with Crippen LogP contribution in [0, 0.1) is 0 Å². The normalized spacial score (nSPS) is 18.4. The first-order valence-corrected chi connectivity index (χ1v) is 7.70. The molecule has 0 aromatic rings. The van der Waals surface area contributed by atoms with Crippen molar-refractivity contribution in [3.05, 3.63) is 0 Å². The van der Waals surface area contributed by atoms with Gasteiger partial charge in [-0.25, -0.2) is 4.79 Å². The van der Waals surface area contributed by atoms with E-state index in [-0.39, 0.29) is 11.9 Å². The van der Waals surface area contributed by atoms with E-state index in [2.05, 4.69) is 12.2 Å². The molecule has 1 aliphatic rings. The van der Waals surface area contributed by atoms with E-state index in [1.807, 2.05) is 0 Å². The van der Waals surface area contributed by atoms with E-state index < -0.39 is 6.04 Å². The summed E-state index contributed by atoms with van der Waals surface area (Å²) < 4.78 is 5.17. The van der Waals surface area contributed by atoms with Crippen LogP contribution >= 0.6 is 0 Å². The van der Waals surface area contributed by atoms with Crippen molar-refractivity contribution in [2.75, 3.05) is 6.61 Å². The fourth-order valence-electron chi connectivity index (χ4n) is 2.30. The molecule has 4 heteroatoms. The second kappa shape index (κ2) is 9.82. The number of unbranched alkanes of at least 4 members (excludes halogenated alkanes) is 7. The quantitative estimate of drug-likeness (QED) is 0.490. The van der Waals surface area contributed by atoms with Crippen molar-refractivity contribution >= 4 is 11.9 Å². The fraction of sp³-hybridized carbons (Fsp3) is 0.867. The van der Waals surface area contributed by atoms with Crippen molar-refractivity contribution in [2.45, 2.75) is 77.2 Å². The van der Waals surface area contributed by atoms with Crippen LogP contribution in [0.25, 0.3) is 0 Å². The number of hydrogen-bond donors (Lipinski definition) is 1. The first kappa shape index (κ1) is 16.0. The minimum absolute atomic E-state index is 0.0472. The van der Waals surface area contributed by atoms with Gasteiger partial charge >= 0.3 is 5.97 Å². The zero-order chi connectivity index (χ0) is 13.9. The molecule has 1 atom stereocenters. The smallest absolute Gasteiger partial charge is 0.328 e. The van der Waals surface area contributed by atoms with E-state index in [9.17, 15) is 9.59 Å². The van der Waals surface area contributed by atoms with Gasteiger partial charge in [0, 0.05) is 6.42 Å². The predicted molar refractivity (Wildman–Crippen MR) is 74.7 cm³/mol. The molecule has 0 unspecified atom stereocenters. The zero-order valence-electron chi connectivity index (χ0n) is 12.1. The van der Waals surface area contributed by atoms with E-state index in [0.717, 1.165) is 12.8 Å². The molecule has 0 bridgehead atoms. The highest BCUT2D eigenvalue weighted by Gasteiger charge is 2.28. The third kappa shape index (κ3) is 7.19. The molecule has 0 saturated carbocycles. The Labute approximate surface area is 116 Å². The molecule has 1 saturated heterocycles. The second-order valence-corrected chi connectivity index (χ2v) is 5.30. The van der Waals surface area contributed by atoms with Crippen LogP contribution in [0.3, 0.4) is 0 Å². The van der Waals surface area contributed by atoms with Crippen molar-refractivity contribution in [2.24, 2.45) is 0 Å². The average Bonchev–Trinajstić information content (AvgIpc) is 2.83. The van der Waals surface area contributed by atoms with Crippen LogP contribution in [0.4, 0.5) is 0 Å². The first-order valence-electron chi connectivity index (χ1n) is 7.70. The SMILES string of the molecule is CCCCCCCCCCOC(=O)[C@H]1CCC(=O)N1. The monoisotopic (exact) mass is 269 g/mol. The minimum Gasteiger partial charge on any atom is -0.464 e. The molecule has 110 valence electrons. The Hall–Kier alpha value is -1.06. The molecule has 4 nitrogen and oxygen atoms in total. The van der Waals surface area contributed by atoms with Crippen molar-refractivity contribution < 1.29 is 14.3 Å². The van der Waals surface area contributed by atoms with Crippen molar-refractivity contribution in [3.8, 4) is 0 Å². The molecular formula is C15H27NO3. The van der Waals surface area contributed by atoms with Crippen LogP contribution in [-0.4, -0.2) is 24.5 Å². The highest BCUT2D eigenvalue weighted by Crippen LogP contribution is 2.10. The number of hydrogen-bond acceptors (Lipinski definition) is 3. The number of rotatable bonds is 10. The van der Waals surface area contributed by atoms with Crippen molar-refractivity contribution in [3.63, 3.8) is 0 Å². The fourth-order valence-corrected chi connectivity index (χ4v) is 2.30. The number of carbonyl (C=O) groups is 2. The lowest BCUT2D eigenvalue weighted by Crippen LogP contribution is -2.34. The first-order chi connectivity index (χ1) is 9.24. The number of nitrogens with one attached hydrogen (secondary N) is 1. The van der Waals surface area contributed by atoms with Crippen LogP contribution in [0.2, 0.25) is 0 Å². The van der Waals surface area contributed by atoms with Crippen molar-refractivity contribution in [1.29, 1.82) is 0 Å². The standard InChI is InChI=1S/C15H27NO3/c1-2-3-4-5-6-7-8-9-12-19-15(18)13-10-11-14(17)16-13/h13H,2-12H2,1H3,(H,16,17)/t13-/m1/s1. The second-order valence-electron chi connectivity index (χ2n) is 5.30. The van der Waals surface area contributed by atoms with Gasteiger partial charge in [-0.15, -0.1) is 0 Å². The van der Waals surface area contributed by atoms with Gasteiger partial charge in [0.05, 0.1) is 6.61 Å². The highest BCUT2D eigenvalue weighted by molar-refractivity contribution is 5.87. The van der Waals surface area contributed by atoms with E-state index >= 15 is 0 Å². The molecule has 1 amide bonds. The summed E-state index contributed by atoms with van der Waals surface area (Å²) in [5.74, 6) is -0.317. The van der Waals surface area contributed by atoms with Gasteiger partial charge in [-0.05, 0) is 12.8 Å². The molecule has 1 fully saturated rings. The Morgan fingerprint density at radius 3 is 2.37 bits per heavy atom. The molecule has 0 aromatic carbocycles. The predicted octanol–water partition coefficient (Wildman–Crippen LogP) is 2.95. The van der Waals surface area contributed by atoms with Gasteiger partial charge < -0.3 is 10.1 Å². The average molecular weight is 269 g/mol. The van der Waals surface area contributed by atoms with Gasteiger partial charge in [-0.2, -0.15) is 0 Å². The minimum atomic E-state index is -0.401. The third-order valence-electron chi connectivity index (χ3n) is 3.52. The number of ether oxygens (including phenoxy) is 1. The van der Waals surface area contributed by atoms with Gasteiger partial charge in [-0.1, -0.05) is 51.9 Å². The van der Waals surface area contributed by atoms with Gasteiger partial charge in [0.1, 0.15) is 6.04 Å². The summed E-state index contributed by atoms with van der Waals surface area (Å²) in [6.07, 6.45) is 10.9. The maximum absolute atomic E-state index is 11.6.